The van der Waals surface area contributed by atoms with E-state index in [4.69, 9.17) is 9.47 Å². The predicted octanol–water partition coefficient (Wildman–Crippen LogP) is 4.35. The molecule has 25 heavy (non-hydrogen) atoms. The highest BCUT2D eigenvalue weighted by Crippen LogP contribution is 2.26. The van der Waals surface area contributed by atoms with Crippen molar-refractivity contribution in [2.45, 2.75) is 39.7 Å². The lowest BCUT2D eigenvalue weighted by molar-refractivity contribution is -0.121. The van der Waals surface area contributed by atoms with E-state index in [1.165, 1.54) is 5.56 Å². The normalized spacial score (nSPS) is 11.7. The molecule has 0 saturated heterocycles. The largest absolute Gasteiger partial charge is 0.496 e. The zero-order valence-corrected chi connectivity index (χ0v) is 15.5. The van der Waals surface area contributed by atoms with Crippen LogP contribution in [0.15, 0.2) is 42.5 Å². The maximum absolute atomic E-state index is 12.2. The third-order valence-electron chi connectivity index (χ3n) is 4.07. The molecule has 0 fully saturated rings. The predicted molar refractivity (Wildman–Crippen MR) is 100 cm³/mol. The highest BCUT2D eigenvalue weighted by Gasteiger charge is 2.14. The van der Waals surface area contributed by atoms with Gasteiger partial charge in [-0.1, -0.05) is 35.4 Å². The molecule has 1 atom stereocenters. The van der Waals surface area contributed by atoms with E-state index in [-0.39, 0.29) is 11.9 Å². The Labute approximate surface area is 150 Å². The van der Waals surface area contributed by atoms with Gasteiger partial charge in [0.1, 0.15) is 11.5 Å². The fourth-order valence-electron chi connectivity index (χ4n) is 2.64. The van der Waals surface area contributed by atoms with Crippen LogP contribution in [-0.2, 0) is 4.79 Å². The zero-order chi connectivity index (χ0) is 18.2. The topological polar surface area (TPSA) is 47.6 Å². The smallest absolute Gasteiger partial charge is 0.220 e. The first-order valence-corrected chi connectivity index (χ1v) is 8.63. The van der Waals surface area contributed by atoms with E-state index in [1.54, 1.807) is 7.11 Å². The number of aryl methyl sites for hydroxylation is 2. The minimum absolute atomic E-state index is 0.0172. The average Bonchev–Trinajstić information content (AvgIpc) is 2.60. The molecule has 0 aliphatic carbocycles. The summed E-state index contributed by atoms with van der Waals surface area (Å²) in [6.45, 7) is 6.56. The summed E-state index contributed by atoms with van der Waals surface area (Å²) in [5.74, 6) is 1.65. The number of rotatable bonds is 8. The van der Waals surface area contributed by atoms with Crippen molar-refractivity contribution in [3.05, 3.63) is 59.2 Å². The molecule has 0 aliphatic heterocycles. The third-order valence-corrected chi connectivity index (χ3v) is 4.07. The fraction of sp³-hybridized carbons (Fsp3) is 0.381. The van der Waals surface area contributed by atoms with Gasteiger partial charge in [0.15, 0.2) is 0 Å². The molecule has 0 spiro atoms. The van der Waals surface area contributed by atoms with Gasteiger partial charge < -0.3 is 14.8 Å². The summed E-state index contributed by atoms with van der Waals surface area (Å²) in [6.07, 6.45) is 1.11. The number of carbonyl (C=O) groups is 1. The van der Waals surface area contributed by atoms with Crippen molar-refractivity contribution in [3.63, 3.8) is 0 Å². The summed E-state index contributed by atoms with van der Waals surface area (Å²) < 4.78 is 11.0. The first kappa shape index (κ1) is 18.8. The Hall–Kier alpha value is -2.49. The van der Waals surface area contributed by atoms with Crippen LogP contribution in [0.3, 0.4) is 0 Å². The fourth-order valence-corrected chi connectivity index (χ4v) is 2.64. The first-order chi connectivity index (χ1) is 12.0. The molecule has 0 aliphatic rings. The summed E-state index contributed by atoms with van der Waals surface area (Å²) in [6, 6.07) is 13.8. The van der Waals surface area contributed by atoms with E-state index in [0.717, 1.165) is 22.6 Å². The van der Waals surface area contributed by atoms with E-state index in [2.05, 4.69) is 5.32 Å². The molecule has 0 bridgehead atoms. The molecule has 2 rings (SSSR count). The molecule has 4 nitrogen and oxygen atoms in total. The molecule has 2 aromatic carbocycles. The summed E-state index contributed by atoms with van der Waals surface area (Å²) in [5.41, 5.74) is 3.34. The van der Waals surface area contributed by atoms with Gasteiger partial charge in [-0.3, -0.25) is 4.79 Å². The number of amides is 1. The molecule has 134 valence electrons. The Morgan fingerprint density at radius 3 is 2.44 bits per heavy atom. The van der Waals surface area contributed by atoms with Gasteiger partial charge in [-0.25, -0.2) is 0 Å². The van der Waals surface area contributed by atoms with Gasteiger partial charge in [-0.05, 0) is 45.4 Å². The Bertz CT molecular complexity index is 695. The van der Waals surface area contributed by atoms with Crippen LogP contribution in [0.4, 0.5) is 0 Å². The van der Waals surface area contributed by atoms with Crippen LogP contribution in [-0.4, -0.2) is 19.6 Å². The Morgan fingerprint density at radius 2 is 1.76 bits per heavy atom. The summed E-state index contributed by atoms with van der Waals surface area (Å²) in [7, 11) is 1.64. The van der Waals surface area contributed by atoms with E-state index < -0.39 is 0 Å². The van der Waals surface area contributed by atoms with Crippen LogP contribution in [0.2, 0.25) is 0 Å². The molecule has 0 radical (unpaired) electrons. The average molecular weight is 341 g/mol. The summed E-state index contributed by atoms with van der Waals surface area (Å²) >= 11 is 0. The molecule has 0 unspecified atom stereocenters. The standard InChI is InChI=1S/C21H27NO3/c1-15-7-10-18(11-8-15)25-13-5-6-21(23)22-17(3)19-14-16(2)9-12-20(19)24-4/h7-12,14,17H,5-6,13H2,1-4H3,(H,22,23)/t17-/m1/s1. The quantitative estimate of drug-likeness (QED) is 0.726. The zero-order valence-electron chi connectivity index (χ0n) is 15.5. The molecule has 0 heterocycles. The maximum atomic E-state index is 12.2. The highest BCUT2D eigenvalue weighted by atomic mass is 16.5. The number of carbonyl (C=O) groups excluding carboxylic acids is 1. The second kappa shape index (κ2) is 9.11. The van der Waals surface area contributed by atoms with Gasteiger partial charge in [0, 0.05) is 12.0 Å². The SMILES string of the molecule is COc1ccc(C)cc1[C@@H](C)NC(=O)CCCOc1ccc(C)cc1. The van der Waals surface area contributed by atoms with Gasteiger partial charge in [-0.2, -0.15) is 0 Å². The minimum Gasteiger partial charge on any atom is -0.496 e. The van der Waals surface area contributed by atoms with Gasteiger partial charge >= 0.3 is 0 Å². The molecule has 0 aromatic heterocycles. The second-order valence-electron chi connectivity index (χ2n) is 6.30. The van der Waals surface area contributed by atoms with Crippen molar-refractivity contribution in [2.24, 2.45) is 0 Å². The maximum Gasteiger partial charge on any atom is 0.220 e. The highest BCUT2D eigenvalue weighted by molar-refractivity contribution is 5.76. The molecule has 1 N–H and O–H groups in total. The molecular formula is C21H27NO3. The number of hydrogen-bond donors (Lipinski definition) is 1. The molecular weight excluding hydrogens is 314 g/mol. The van der Waals surface area contributed by atoms with E-state index in [0.29, 0.717) is 19.4 Å². The van der Waals surface area contributed by atoms with E-state index in [1.807, 2.05) is 63.2 Å². The Kier molecular flexibility index (Phi) is 6.87. The second-order valence-corrected chi connectivity index (χ2v) is 6.30. The number of benzene rings is 2. The first-order valence-electron chi connectivity index (χ1n) is 8.63. The lowest BCUT2D eigenvalue weighted by Gasteiger charge is -2.18. The molecule has 0 saturated carbocycles. The lowest BCUT2D eigenvalue weighted by atomic mass is 10.0. The van der Waals surface area contributed by atoms with Crippen LogP contribution in [0.25, 0.3) is 0 Å². The van der Waals surface area contributed by atoms with Crippen molar-refractivity contribution < 1.29 is 14.3 Å². The van der Waals surface area contributed by atoms with Crippen molar-refractivity contribution in [1.29, 1.82) is 0 Å². The lowest BCUT2D eigenvalue weighted by Crippen LogP contribution is -2.27. The van der Waals surface area contributed by atoms with Crippen LogP contribution in [0.5, 0.6) is 11.5 Å². The van der Waals surface area contributed by atoms with Gasteiger partial charge in [0.05, 0.1) is 19.8 Å². The molecule has 4 heteroatoms. The third kappa shape index (κ3) is 5.82. The summed E-state index contributed by atoms with van der Waals surface area (Å²) in [5, 5.41) is 3.03. The van der Waals surface area contributed by atoms with Crippen LogP contribution >= 0.6 is 0 Å². The van der Waals surface area contributed by atoms with Crippen molar-refractivity contribution in [1.82, 2.24) is 5.32 Å². The number of hydrogen-bond acceptors (Lipinski definition) is 3. The number of methoxy groups -OCH3 is 1. The molecule has 2 aromatic rings. The van der Waals surface area contributed by atoms with Crippen molar-refractivity contribution in [2.75, 3.05) is 13.7 Å². The van der Waals surface area contributed by atoms with Gasteiger partial charge in [0.25, 0.3) is 0 Å². The van der Waals surface area contributed by atoms with Gasteiger partial charge in [-0.15, -0.1) is 0 Å². The Morgan fingerprint density at radius 1 is 1.08 bits per heavy atom. The van der Waals surface area contributed by atoms with Crippen molar-refractivity contribution >= 4 is 5.91 Å². The van der Waals surface area contributed by atoms with Gasteiger partial charge in [0.2, 0.25) is 5.91 Å². The summed E-state index contributed by atoms with van der Waals surface area (Å²) in [4.78, 5) is 12.2. The number of ether oxygens (including phenoxy) is 2. The number of nitrogens with one attached hydrogen (secondary N) is 1. The van der Waals surface area contributed by atoms with Crippen LogP contribution in [0.1, 0.15) is 42.5 Å². The van der Waals surface area contributed by atoms with E-state index >= 15 is 0 Å². The van der Waals surface area contributed by atoms with Crippen LogP contribution < -0.4 is 14.8 Å². The molecule has 1 amide bonds. The monoisotopic (exact) mass is 341 g/mol. The minimum atomic E-state index is -0.0969. The van der Waals surface area contributed by atoms with Crippen molar-refractivity contribution in [3.8, 4) is 11.5 Å². The van der Waals surface area contributed by atoms with Crippen LogP contribution in [0, 0.1) is 13.8 Å². The Balaban J connectivity index is 1.78. The van der Waals surface area contributed by atoms with E-state index in [9.17, 15) is 4.79 Å².